The van der Waals surface area contributed by atoms with Gasteiger partial charge in [0.05, 0.1) is 12.5 Å². The number of likely N-dealkylation sites (tertiary alicyclic amines) is 1. The monoisotopic (exact) mass is 289 g/mol. The van der Waals surface area contributed by atoms with Crippen molar-refractivity contribution in [1.29, 1.82) is 0 Å². The molecule has 0 aliphatic carbocycles. The molecule has 2 atom stereocenters. The molecule has 3 nitrogen and oxygen atoms in total. The van der Waals surface area contributed by atoms with E-state index in [9.17, 15) is 4.79 Å². The van der Waals surface area contributed by atoms with Crippen LogP contribution in [0.5, 0.6) is 0 Å². The maximum Gasteiger partial charge on any atom is 0.310 e. The first-order chi connectivity index (χ1) is 10.1. The van der Waals surface area contributed by atoms with E-state index in [1.54, 1.807) is 0 Å². The molecule has 1 unspecified atom stereocenters. The molecule has 2 rings (SSSR count). The van der Waals surface area contributed by atoms with Crippen molar-refractivity contribution in [3.05, 3.63) is 35.9 Å². The molecule has 0 saturated carbocycles. The van der Waals surface area contributed by atoms with Crippen LogP contribution in [0, 0.1) is 17.8 Å². The minimum Gasteiger partial charge on any atom is -0.466 e. The highest BCUT2D eigenvalue weighted by atomic mass is 16.5. The highest BCUT2D eigenvalue weighted by molar-refractivity contribution is 5.73. The summed E-state index contributed by atoms with van der Waals surface area (Å²) in [6.45, 7) is 9.55. The Morgan fingerprint density at radius 3 is 2.62 bits per heavy atom. The fourth-order valence-electron chi connectivity index (χ4n) is 3.29. The van der Waals surface area contributed by atoms with E-state index < -0.39 is 0 Å². The number of hydrogen-bond donors (Lipinski definition) is 0. The number of carbonyl (C=O) groups is 1. The molecule has 0 radical (unpaired) electrons. The molecular formula is C18H27NO2. The molecule has 1 saturated heterocycles. The third kappa shape index (κ3) is 4.57. The number of esters is 1. The van der Waals surface area contributed by atoms with Gasteiger partial charge in [0, 0.05) is 19.6 Å². The van der Waals surface area contributed by atoms with E-state index >= 15 is 0 Å². The van der Waals surface area contributed by atoms with Gasteiger partial charge in [0.2, 0.25) is 0 Å². The summed E-state index contributed by atoms with van der Waals surface area (Å²) in [5.74, 6) is 1.06. The predicted molar refractivity (Wildman–Crippen MR) is 84.8 cm³/mol. The molecule has 0 spiro atoms. The summed E-state index contributed by atoms with van der Waals surface area (Å²) in [7, 11) is 0. The fraction of sp³-hybridized carbons (Fsp3) is 0.611. The number of carbonyl (C=O) groups excluding carboxylic acids is 1. The zero-order chi connectivity index (χ0) is 15.2. The summed E-state index contributed by atoms with van der Waals surface area (Å²) in [5.41, 5.74) is 1.31. The number of ether oxygens (including phenoxy) is 1. The van der Waals surface area contributed by atoms with Gasteiger partial charge in [-0.1, -0.05) is 44.2 Å². The van der Waals surface area contributed by atoms with Gasteiger partial charge in [0.1, 0.15) is 0 Å². The van der Waals surface area contributed by atoms with Crippen LogP contribution in [-0.4, -0.2) is 30.6 Å². The smallest absolute Gasteiger partial charge is 0.310 e. The van der Waals surface area contributed by atoms with Gasteiger partial charge in [0.25, 0.3) is 0 Å². The van der Waals surface area contributed by atoms with Crippen LogP contribution in [0.3, 0.4) is 0 Å². The van der Waals surface area contributed by atoms with Gasteiger partial charge >= 0.3 is 5.97 Å². The second-order valence-electron chi connectivity index (χ2n) is 6.43. The molecule has 21 heavy (non-hydrogen) atoms. The fourth-order valence-corrected chi connectivity index (χ4v) is 3.29. The number of nitrogens with zero attached hydrogens (tertiary/aromatic N) is 1. The lowest BCUT2D eigenvalue weighted by atomic mass is 9.88. The lowest BCUT2D eigenvalue weighted by molar-refractivity contribution is -0.149. The van der Waals surface area contributed by atoms with Crippen molar-refractivity contribution in [2.24, 2.45) is 17.8 Å². The van der Waals surface area contributed by atoms with E-state index in [2.05, 4.69) is 43.0 Å². The first-order valence-corrected chi connectivity index (χ1v) is 8.03. The summed E-state index contributed by atoms with van der Waals surface area (Å²) in [6.07, 6.45) is 1.09. The quantitative estimate of drug-likeness (QED) is 0.752. The normalized spacial score (nSPS) is 22.7. The average Bonchev–Trinajstić information content (AvgIpc) is 2.82. The Kier molecular flexibility index (Phi) is 5.80. The average molecular weight is 289 g/mol. The highest BCUT2D eigenvalue weighted by Crippen LogP contribution is 2.31. The summed E-state index contributed by atoms with van der Waals surface area (Å²) in [5, 5.41) is 0. The van der Waals surface area contributed by atoms with Crippen LogP contribution in [-0.2, 0) is 16.1 Å². The maximum absolute atomic E-state index is 12.2. The Bertz CT molecular complexity index is 444. The van der Waals surface area contributed by atoms with Crippen LogP contribution < -0.4 is 0 Å². The van der Waals surface area contributed by atoms with Crippen molar-refractivity contribution in [2.75, 3.05) is 19.7 Å². The maximum atomic E-state index is 12.2. The van der Waals surface area contributed by atoms with Crippen LogP contribution in [0.1, 0.15) is 32.8 Å². The molecule has 0 N–H and O–H groups in total. The lowest BCUT2D eigenvalue weighted by Crippen LogP contribution is -2.26. The number of rotatable bonds is 6. The summed E-state index contributed by atoms with van der Waals surface area (Å²) < 4.78 is 5.27. The molecule has 1 fully saturated rings. The molecule has 3 heteroatoms. The molecule has 0 aromatic heterocycles. The second kappa shape index (κ2) is 7.60. The zero-order valence-corrected chi connectivity index (χ0v) is 13.4. The largest absolute Gasteiger partial charge is 0.466 e. The van der Waals surface area contributed by atoms with E-state index in [0.29, 0.717) is 18.4 Å². The summed E-state index contributed by atoms with van der Waals surface area (Å²) in [6, 6.07) is 10.5. The van der Waals surface area contributed by atoms with Crippen molar-refractivity contribution >= 4 is 5.97 Å². The third-order valence-corrected chi connectivity index (χ3v) is 4.13. The van der Waals surface area contributed by atoms with Crippen molar-refractivity contribution in [1.82, 2.24) is 4.90 Å². The van der Waals surface area contributed by atoms with Crippen LogP contribution >= 0.6 is 0 Å². The van der Waals surface area contributed by atoms with Crippen LogP contribution in [0.15, 0.2) is 30.3 Å². The van der Waals surface area contributed by atoms with Gasteiger partial charge in [-0.3, -0.25) is 9.69 Å². The van der Waals surface area contributed by atoms with E-state index in [-0.39, 0.29) is 11.9 Å². The second-order valence-corrected chi connectivity index (χ2v) is 6.43. The Morgan fingerprint density at radius 1 is 1.29 bits per heavy atom. The highest BCUT2D eigenvalue weighted by Gasteiger charge is 2.38. The topological polar surface area (TPSA) is 29.5 Å². The van der Waals surface area contributed by atoms with Gasteiger partial charge in [-0.2, -0.15) is 0 Å². The van der Waals surface area contributed by atoms with Crippen molar-refractivity contribution in [3.63, 3.8) is 0 Å². The zero-order valence-electron chi connectivity index (χ0n) is 13.4. The van der Waals surface area contributed by atoms with Crippen LogP contribution in [0.4, 0.5) is 0 Å². The van der Waals surface area contributed by atoms with Gasteiger partial charge in [-0.15, -0.1) is 0 Å². The molecule has 116 valence electrons. The Morgan fingerprint density at radius 2 is 2.00 bits per heavy atom. The molecule has 1 aromatic carbocycles. The number of hydrogen-bond acceptors (Lipinski definition) is 3. The number of benzene rings is 1. The minimum atomic E-state index is -0.0151. The van der Waals surface area contributed by atoms with Gasteiger partial charge in [0.15, 0.2) is 0 Å². The van der Waals surface area contributed by atoms with E-state index in [1.807, 2.05) is 13.0 Å². The van der Waals surface area contributed by atoms with Crippen molar-refractivity contribution < 1.29 is 9.53 Å². The molecule has 0 amide bonds. The van der Waals surface area contributed by atoms with Crippen molar-refractivity contribution in [2.45, 2.75) is 33.7 Å². The Hall–Kier alpha value is -1.35. The lowest BCUT2D eigenvalue weighted by Gasteiger charge is -2.18. The van der Waals surface area contributed by atoms with Gasteiger partial charge < -0.3 is 4.74 Å². The SMILES string of the molecule is CCOC(=O)C1CN(Cc2ccccc2)C[C@H]1CC(C)C. The predicted octanol–water partition coefficient (Wildman–Crippen LogP) is 3.34. The third-order valence-electron chi connectivity index (χ3n) is 4.13. The molecule has 1 aliphatic rings. The van der Waals surface area contributed by atoms with Crippen LogP contribution in [0.2, 0.25) is 0 Å². The Balaban J connectivity index is 2.01. The first-order valence-electron chi connectivity index (χ1n) is 8.03. The van der Waals surface area contributed by atoms with Crippen molar-refractivity contribution in [3.8, 4) is 0 Å². The molecular weight excluding hydrogens is 262 g/mol. The molecule has 1 aliphatic heterocycles. The van der Waals surface area contributed by atoms with Gasteiger partial charge in [-0.05, 0) is 30.7 Å². The molecule has 1 aromatic rings. The van der Waals surface area contributed by atoms with Crippen LogP contribution in [0.25, 0.3) is 0 Å². The van der Waals surface area contributed by atoms with E-state index in [1.165, 1.54) is 5.56 Å². The first kappa shape index (κ1) is 16.0. The van der Waals surface area contributed by atoms with E-state index in [0.717, 1.165) is 26.1 Å². The molecule has 0 bridgehead atoms. The minimum absolute atomic E-state index is 0.0151. The Labute approximate surface area is 128 Å². The van der Waals surface area contributed by atoms with E-state index in [4.69, 9.17) is 4.74 Å². The summed E-state index contributed by atoms with van der Waals surface area (Å²) >= 11 is 0. The molecule has 1 heterocycles. The summed E-state index contributed by atoms with van der Waals surface area (Å²) in [4.78, 5) is 14.6. The standard InChI is InChI=1S/C18H27NO2/c1-4-21-18(20)17-13-19(12-16(17)10-14(2)3)11-15-8-6-5-7-9-15/h5-9,14,16-17H,4,10-13H2,1-3H3/t16-,17?/m1/s1. The van der Waals surface area contributed by atoms with Gasteiger partial charge in [-0.25, -0.2) is 0 Å².